The SMILES string of the molecule is O=C1CCc2cc(S(=O)(=O)N3CCC[C@H]3C(=O)N3CCN(c4ccccc4)CC3)ccc2N1. The highest BCUT2D eigenvalue weighted by molar-refractivity contribution is 7.89. The molecule has 2 aromatic rings. The van der Waals surface area contributed by atoms with Crippen LogP contribution >= 0.6 is 0 Å². The number of anilines is 2. The van der Waals surface area contributed by atoms with Gasteiger partial charge in [-0.25, -0.2) is 8.42 Å². The van der Waals surface area contributed by atoms with Crippen LogP contribution in [0.25, 0.3) is 0 Å². The van der Waals surface area contributed by atoms with E-state index in [0.29, 0.717) is 51.0 Å². The summed E-state index contributed by atoms with van der Waals surface area (Å²) in [6.07, 6.45) is 2.06. The molecule has 2 aromatic carbocycles. The smallest absolute Gasteiger partial charge is 0.243 e. The maximum Gasteiger partial charge on any atom is 0.243 e. The molecule has 5 rings (SSSR count). The summed E-state index contributed by atoms with van der Waals surface area (Å²) in [6.45, 7) is 2.96. The molecular weight excluding hydrogens is 440 g/mol. The number of piperazine rings is 1. The number of hydrogen-bond donors (Lipinski definition) is 1. The standard InChI is InChI=1S/C24H28N4O4S/c29-23-11-8-18-17-20(9-10-21(18)25-23)33(31,32)28-12-4-7-22(28)24(30)27-15-13-26(14-16-27)19-5-2-1-3-6-19/h1-3,5-6,9-10,17,22H,4,7-8,11-16H2,(H,25,29)/t22-/m0/s1. The molecule has 0 saturated carbocycles. The van der Waals surface area contributed by atoms with Crippen LogP contribution in [-0.2, 0) is 26.0 Å². The van der Waals surface area contributed by atoms with E-state index in [2.05, 4.69) is 22.3 Å². The first-order valence-corrected chi connectivity index (χ1v) is 12.9. The van der Waals surface area contributed by atoms with Crippen molar-refractivity contribution in [3.63, 3.8) is 0 Å². The third-order valence-electron chi connectivity index (χ3n) is 6.78. The molecule has 1 N–H and O–H groups in total. The van der Waals surface area contributed by atoms with E-state index in [-0.39, 0.29) is 16.7 Å². The highest BCUT2D eigenvalue weighted by Gasteiger charge is 2.41. The molecule has 33 heavy (non-hydrogen) atoms. The number of hydrogen-bond acceptors (Lipinski definition) is 5. The third-order valence-corrected chi connectivity index (χ3v) is 8.68. The number of aryl methyl sites for hydroxylation is 1. The second-order valence-corrected chi connectivity index (χ2v) is 10.7. The number of fused-ring (bicyclic) bond motifs is 1. The van der Waals surface area contributed by atoms with Crippen LogP contribution in [0.4, 0.5) is 11.4 Å². The molecule has 0 aliphatic carbocycles. The Morgan fingerprint density at radius 3 is 2.45 bits per heavy atom. The van der Waals surface area contributed by atoms with E-state index in [1.165, 1.54) is 10.4 Å². The van der Waals surface area contributed by atoms with Gasteiger partial charge in [-0.1, -0.05) is 18.2 Å². The molecule has 0 radical (unpaired) electrons. The van der Waals surface area contributed by atoms with Gasteiger partial charge in [0.2, 0.25) is 21.8 Å². The largest absolute Gasteiger partial charge is 0.368 e. The summed E-state index contributed by atoms with van der Waals surface area (Å²) < 4.78 is 28.3. The van der Waals surface area contributed by atoms with Crippen molar-refractivity contribution >= 4 is 33.2 Å². The van der Waals surface area contributed by atoms with E-state index >= 15 is 0 Å². The number of sulfonamides is 1. The number of nitrogens with zero attached hydrogens (tertiary/aromatic N) is 3. The van der Waals surface area contributed by atoms with E-state index < -0.39 is 16.1 Å². The van der Waals surface area contributed by atoms with E-state index in [0.717, 1.165) is 24.3 Å². The predicted octanol–water partition coefficient (Wildman–Crippen LogP) is 2.07. The molecule has 2 fully saturated rings. The van der Waals surface area contributed by atoms with Gasteiger partial charge in [0.25, 0.3) is 0 Å². The van der Waals surface area contributed by atoms with Crippen LogP contribution in [0.15, 0.2) is 53.4 Å². The van der Waals surface area contributed by atoms with Gasteiger partial charge in [-0.2, -0.15) is 4.31 Å². The van der Waals surface area contributed by atoms with Crippen molar-refractivity contribution in [2.24, 2.45) is 0 Å². The number of rotatable bonds is 4. The summed E-state index contributed by atoms with van der Waals surface area (Å²) >= 11 is 0. The van der Waals surface area contributed by atoms with Crippen molar-refractivity contribution in [3.05, 3.63) is 54.1 Å². The molecule has 174 valence electrons. The lowest BCUT2D eigenvalue weighted by molar-refractivity contribution is -0.134. The molecule has 3 aliphatic heterocycles. The van der Waals surface area contributed by atoms with Gasteiger partial charge in [0.15, 0.2) is 0 Å². The fourth-order valence-corrected chi connectivity index (χ4v) is 6.67. The third kappa shape index (κ3) is 4.22. The van der Waals surface area contributed by atoms with Gasteiger partial charge in [0, 0.05) is 50.5 Å². The molecule has 1 atom stereocenters. The van der Waals surface area contributed by atoms with Gasteiger partial charge in [-0.3, -0.25) is 9.59 Å². The van der Waals surface area contributed by atoms with Crippen LogP contribution in [0.2, 0.25) is 0 Å². The first-order valence-electron chi connectivity index (χ1n) is 11.5. The number of amides is 2. The van der Waals surface area contributed by atoms with Crippen molar-refractivity contribution in [2.45, 2.75) is 36.6 Å². The minimum Gasteiger partial charge on any atom is -0.368 e. The maximum atomic E-state index is 13.5. The molecule has 3 aliphatic rings. The van der Waals surface area contributed by atoms with Crippen LogP contribution in [0.1, 0.15) is 24.8 Å². The first-order chi connectivity index (χ1) is 15.9. The molecule has 2 saturated heterocycles. The molecular formula is C24H28N4O4S. The Kier molecular flexibility index (Phi) is 5.84. The maximum absolute atomic E-state index is 13.5. The molecule has 0 spiro atoms. The summed E-state index contributed by atoms with van der Waals surface area (Å²) in [4.78, 5) is 29.2. The topological polar surface area (TPSA) is 90.0 Å². The lowest BCUT2D eigenvalue weighted by Gasteiger charge is -2.38. The summed E-state index contributed by atoms with van der Waals surface area (Å²) in [7, 11) is -3.81. The minimum absolute atomic E-state index is 0.0596. The normalized spacial score (nSPS) is 21.6. The van der Waals surface area contributed by atoms with Gasteiger partial charge in [0.1, 0.15) is 6.04 Å². The zero-order valence-electron chi connectivity index (χ0n) is 18.4. The fourth-order valence-electron chi connectivity index (χ4n) is 4.96. The van der Waals surface area contributed by atoms with E-state index in [1.54, 1.807) is 17.0 Å². The fraction of sp³-hybridized carbons (Fsp3) is 0.417. The number of para-hydroxylation sites is 1. The number of carbonyl (C=O) groups excluding carboxylic acids is 2. The van der Waals surface area contributed by atoms with Crippen LogP contribution in [0.5, 0.6) is 0 Å². The zero-order chi connectivity index (χ0) is 23.0. The Bertz CT molecular complexity index is 1160. The monoisotopic (exact) mass is 468 g/mol. The zero-order valence-corrected chi connectivity index (χ0v) is 19.3. The quantitative estimate of drug-likeness (QED) is 0.742. The Morgan fingerprint density at radius 2 is 1.70 bits per heavy atom. The second kappa shape index (κ2) is 8.79. The average molecular weight is 469 g/mol. The van der Waals surface area contributed by atoms with E-state index in [4.69, 9.17) is 0 Å². The van der Waals surface area contributed by atoms with Gasteiger partial charge in [-0.05, 0) is 55.2 Å². The van der Waals surface area contributed by atoms with Crippen LogP contribution in [0, 0.1) is 0 Å². The van der Waals surface area contributed by atoms with Crippen LogP contribution in [0.3, 0.4) is 0 Å². The number of nitrogens with one attached hydrogen (secondary N) is 1. The van der Waals surface area contributed by atoms with Crippen LogP contribution in [-0.4, -0.2) is 68.2 Å². The van der Waals surface area contributed by atoms with Gasteiger partial charge < -0.3 is 15.1 Å². The van der Waals surface area contributed by atoms with Gasteiger partial charge in [-0.15, -0.1) is 0 Å². The highest BCUT2D eigenvalue weighted by Crippen LogP contribution is 2.31. The summed E-state index contributed by atoms with van der Waals surface area (Å²) in [5.41, 5.74) is 2.61. The van der Waals surface area contributed by atoms with E-state index in [9.17, 15) is 18.0 Å². The van der Waals surface area contributed by atoms with Crippen LogP contribution < -0.4 is 10.2 Å². The van der Waals surface area contributed by atoms with Crippen molar-refractivity contribution < 1.29 is 18.0 Å². The molecule has 9 heteroatoms. The molecule has 3 heterocycles. The Balaban J connectivity index is 1.30. The number of carbonyl (C=O) groups is 2. The number of benzene rings is 2. The summed E-state index contributed by atoms with van der Waals surface area (Å²) in [5, 5.41) is 2.78. The Morgan fingerprint density at radius 1 is 0.939 bits per heavy atom. The minimum atomic E-state index is -3.81. The van der Waals surface area contributed by atoms with Gasteiger partial charge in [0.05, 0.1) is 4.90 Å². The highest BCUT2D eigenvalue weighted by atomic mass is 32.2. The first kappa shape index (κ1) is 21.9. The second-order valence-electron chi connectivity index (χ2n) is 8.79. The predicted molar refractivity (Wildman–Crippen MR) is 126 cm³/mol. The molecule has 0 bridgehead atoms. The molecule has 0 aromatic heterocycles. The van der Waals surface area contributed by atoms with Crippen molar-refractivity contribution in [2.75, 3.05) is 42.9 Å². The molecule has 8 nitrogen and oxygen atoms in total. The Labute approximate surface area is 194 Å². The van der Waals surface area contributed by atoms with E-state index in [1.807, 2.05) is 18.2 Å². The summed E-state index contributed by atoms with van der Waals surface area (Å²) in [5.74, 6) is -0.162. The lowest BCUT2D eigenvalue weighted by Crippen LogP contribution is -2.54. The van der Waals surface area contributed by atoms with Crippen molar-refractivity contribution in [1.29, 1.82) is 0 Å². The van der Waals surface area contributed by atoms with Crippen molar-refractivity contribution in [1.82, 2.24) is 9.21 Å². The lowest BCUT2D eigenvalue weighted by atomic mass is 10.0. The molecule has 0 unspecified atom stereocenters. The summed E-state index contributed by atoms with van der Waals surface area (Å²) in [6, 6.07) is 14.3. The van der Waals surface area contributed by atoms with Crippen molar-refractivity contribution in [3.8, 4) is 0 Å². The Hall–Kier alpha value is -2.91. The average Bonchev–Trinajstić information content (AvgIpc) is 3.35. The molecule has 2 amide bonds. The van der Waals surface area contributed by atoms with Gasteiger partial charge >= 0.3 is 0 Å².